The smallest absolute Gasteiger partial charge is 0.330 e. The number of aromatic nitrogens is 2. The van der Waals surface area contributed by atoms with Crippen molar-refractivity contribution in [1.82, 2.24) is 9.55 Å². The topological polar surface area (TPSA) is 163 Å². The van der Waals surface area contributed by atoms with Gasteiger partial charge in [-0.15, -0.1) is 0 Å². The maximum Gasteiger partial charge on any atom is 0.330 e. The summed E-state index contributed by atoms with van der Waals surface area (Å²) in [5.41, 5.74) is -3.19. The van der Waals surface area contributed by atoms with Gasteiger partial charge in [0.25, 0.3) is 5.56 Å². The van der Waals surface area contributed by atoms with E-state index in [4.69, 9.17) is 18.9 Å². The quantitative estimate of drug-likeness (QED) is 0.415. The van der Waals surface area contributed by atoms with Crippen LogP contribution in [0.1, 0.15) is 32.6 Å². The zero-order chi connectivity index (χ0) is 21.9. The van der Waals surface area contributed by atoms with Crippen LogP contribution in [-0.4, -0.2) is 63.6 Å². The number of aliphatic hydroxyl groups is 1. The first-order valence-electron chi connectivity index (χ1n) is 8.59. The lowest BCUT2D eigenvalue weighted by Gasteiger charge is -2.31. The van der Waals surface area contributed by atoms with E-state index in [1.165, 1.54) is 13.1 Å². The second kappa shape index (κ2) is 8.57. The van der Waals surface area contributed by atoms with E-state index in [9.17, 15) is 29.1 Å². The van der Waals surface area contributed by atoms with Gasteiger partial charge in [0.15, 0.2) is 24.0 Å². The Morgan fingerprint density at radius 3 is 2.31 bits per heavy atom. The predicted octanol–water partition coefficient (Wildman–Crippen LogP) is -1.47. The lowest BCUT2D eigenvalue weighted by Crippen LogP contribution is -2.53. The van der Waals surface area contributed by atoms with Gasteiger partial charge in [-0.2, -0.15) is 0 Å². The van der Waals surface area contributed by atoms with Crippen molar-refractivity contribution in [2.45, 2.75) is 51.7 Å². The molecule has 12 nitrogen and oxygen atoms in total. The van der Waals surface area contributed by atoms with Gasteiger partial charge in [0, 0.05) is 32.5 Å². The number of hydrogen-bond acceptors (Lipinski definition) is 10. The third-order valence-electron chi connectivity index (χ3n) is 4.26. The number of carbonyl (C=O) groups is 3. The summed E-state index contributed by atoms with van der Waals surface area (Å²) >= 11 is 0. The molecule has 1 aromatic rings. The number of rotatable bonds is 6. The first kappa shape index (κ1) is 22.3. The SMILES string of the molecule is CC(=O)OC[C@@]1(CO)O[C@@H](n2cc(C)c(=O)[nH]c2=O)[C@H](OC(C)=O)[C@H]1OC(C)=O. The number of nitrogens with one attached hydrogen (secondary N) is 1. The second-order valence-electron chi connectivity index (χ2n) is 6.59. The fourth-order valence-corrected chi connectivity index (χ4v) is 2.99. The summed E-state index contributed by atoms with van der Waals surface area (Å²) in [7, 11) is 0. The van der Waals surface area contributed by atoms with Gasteiger partial charge in [-0.1, -0.05) is 0 Å². The van der Waals surface area contributed by atoms with Crippen LogP contribution in [0.5, 0.6) is 0 Å². The number of esters is 3. The molecule has 12 heteroatoms. The molecule has 0 aliphatic carbocycles. The Kier molecular flexibility index (Phi) is 6.59. The lowest BCUT2D eigenvalue weighted by molar-refractivity contribution is -0.185. The molecule has 1 fully saturated rings. The van der Waals surface area contributed by atoms with Crippen molar-refractivity contribution < 1.29 is 38.4 Å². The van der Waals surface area contributed by atoms with E-state index in [0.717, 1.165) is 25.3 Å². The largest absolute Gasteiger partial charge is 0.463 e. The summed E-state index contributed by atoms with van der Waals surface area (Å²) in [4.78, 5) is 60.7. The maximum atomic E-state index is 12.3. The molecule has 1 aliphatic heterocycles. The van der Waals surface area contributed by atoms with Crippen molar-refractivity contribution in [3.8, 4) is 0 Å². The van der Waals surface area contributed by atoms with Crippen molar-refractivity contribution in [3.63, 3.8) is 0 Å². The van der Waals surface area contributed by atoms with E-state index in [2.05, 4.69) is 4.98 Å². The molecule has 0 radical (unpaired) electrons. The fraction of sp³-hybridized carbons (Fsp3) is 0.588. The van der Waals surface area contributed by atoms with Crippen LogP contribution in [0.2, 0.25) is 0 Å². The van der Waals surface area contributed by atoms with Gasteiger partial charge >= 0.3 is 23.6 Å². The van der Waals surface area contributed by atoms with Gasteiger partial charge in [-0.05, 0) is 6.92 Å². The molecule has 29 heavy (non-hydrogen) atoms. The summed E-state index contributed by atoms with van der Waals surface area (Å²) in [5, 5.41) is 10.0. The number of aryl methyl sites for hydroxylation is 1. The van der Waals surface area contributed by atoms with Crippen LogP contribution in [-0.2, 0) is 33.3 Å². The van der Waals surface area contributed by atoms with E-state index in [1.807, 2.05) is 0 Å². The molecule has 2 N–H and O–H groups in total. The molecule has 2 heterocycles. The highest BCUT2D eigenvalue weighted by Crippen LogP contribution is 2.40. The average molecular weight is 414 g/mol. The van der Waals surface area contributed by atoms with Crippen molar-refractivity contribution in [2.24, 2.45) is 0 Å². The monoisotopic (exact) mass is 414 g/mol. The number of carbonyl (C=O) groups excluding carboxylic acids is 3. The average Bonchev–Trinajstić information content (AvgIpc) is 2.89. The Bertz CT molecular complexity index is 920. The molecule has 4 atom stereocenters. The van der Waals surface area contributed by atoms with E-state index < -0.39 is 66.4 Å². The van der Waals surface area contributed by atoms with Crippen LogP contribution in [0, 0.1) is 6.92 Å². The summed E-state index contributed by atoms with van der Waals surface area (Å²) in [5.74, 6) is -2.27. The van der Waals surface area contributed by atoms with Gasteiger partial charge < -0.3 is 24.1 Å². The summed E-state index contributed by atoms with van der Waals surface area (Å²) < 4.78 is 22.1. The molecule has 1 saturated heterocycles. The second-order valence-corrected chi connectivity index (χ2v) is 6.59. The Morgan fingerprint density at radius 1 is 1.17 bits per heavy atom. The van der Waals surface area contributed by atoms with E-state index in [1.54, 1.807) is 0 Å². The first-order valence-corrected chi connectivity index (χ1v) is 8.59. The van der Waals surface area contributed by atoms with Gasteiger partial charge in [-0.25, -0.2) is 4.79 Å². The normalized spacial score (nSPS) is 26.0. The Hall–Kier alpha value is -2.99. The van der Waals surface area contributed by atoms with Crippen LogP contribution < -0.4 is 11.2 Å². The molecule has 160 valence electrons. The first-order chi connectivity index (χ1) is 13.5. The molecular formula is C17H22N2O10. The zero-order valence-electron chi connectivity index (χ0n) is 16.3. The van der Waals surface area contributed by atoms with Crippen LogP contribution >= 0.6 is 0 Å². The number of H-pyrrole nitrogens is 1. The predicted molar refractivity (Wildman–Crippen MR) is 93.7 cm³/mol. The summed E-state index contributed by atoms with van der Waals surface area (Å²) in [6.07, 6.45) is -3.03. The van der Waals surface area contributed by atoms with Gasteiger partial charge in [-0.3, -0.25) is 28.7 Å². The number of aromatic amines is 1. The van der Waals surface area contributed by atoms with Gasteiger partial charge in [0.1, 0.15) is 6.61 Å². The summed E-state index contributed by atoms with van der Waals surface area (Å²) in [6, 6.07) is 0. The van der Waals surface area contributed by atoms with Crippen molar-refractivity contribution in [2.75, 3.05) is 13.2 Å². The molecule has 1 aromatic heterocycles. The minimum atomic E-state index is -1.83. The third kappa shape index (κ3) is 4.71. The number of hydrogen-bond donors (Lipinski definition) is 2. The number of ether oxygens (including phenoxy) is 4. The minimum Gasteiger partial charge on any atom is -0.463 e. The number of nitrogens with zero attached hydrogens (tertiary/aromatic N) is 1. The minimum absolute atomic E-state index is 0.153. The highest BCUT2D eigenvalue weighted by Gasteiger charge is 2.60. The standard InChI is InChI=1S/C17H22N2O10/c1-8-5-19(16(25)18-14(8)24)15-12(27-10(3)22)13(28-11(4)23)17(6-20,29-15)7-26-9(2)21/h5,12-13,15,20H,6-7H2,1-4H3,(H,18,24,25)/t12-,13-,15-,17-/m1/s1. The maximum absolute atomic E-state index is 12.3. The molecule has 0 unspecified atom stereocenters. The van der Waals surface area contributed by atoms with Crippen LogP contribution in [0.15, 0.2) is 15.8 Å². The van der Waals surface area contributed by atoms with Crippen LogP contribution in [0.4, 0.5) is 0 Å². The number of aliphatic hydroxyl groups excluding tert-OH is 1. The van der Waals surface area contributed by atoms with E-state index in [0.29, 0.717) is 0 Å². The van der Waals surface area contributed by atoms with Crippen molar-refractivity contribution >= 4 is 17.9 Å². The lowest BCUT2D eigenvalue weighted by atomic mass is 9.96. The molecule has 2 rings (SSSR count). The third-order valence-corrected chi connectivity index (χ3v) is 4.26. The zero-order valence-corrected chi connectivity index (χ0v) is 16.3. The molecule has 0 spiro atoms. The van der Waals surface area contributed by atoms with Gasteiger partial charge in [0.05, 0.1) is 6.61 Å². The molecular weight excluding hydrogens is 392 g/mol. The molecule has 0 saturated carbocycles. The Balaban J connectivity index is 2.62. The van der Waals surface area contributed by atoms with Crippen molar-refractivity contribution in [1.29, 1.82) is 0 Å². The van der Waals surface area contributed by atoms with E-state index in [-0.39, 0.29) is 5.56 Å². The highest BCUT2D eigenvalue weighted by molar-refractivity contribution is 5.68. The Labute approximate surface area is 164 Å². The Morgan fingerprint density at radius 2 is 1.79 bits per heavy atom. The highest BCUT2D eigenvalue weighted by atomic mass is 16.7. The molecule has 0 amide bonds. The van der Waals surface area contributed by atoms with Crippen LogP contribution in [0.3, 0.4) is 0 Å². The summed E-state index contributed by atoms with van der Waals surface area (Å²) in [6.45, 7) is 3.38. The molecule has 1 aliphatic rings. The fourth-order valence-electron chi connectivity index (χ4n) is 2.99. The van der Waals surface area contributed by atoms with E-state index >= 15 is 0 Å². The van der Waals surface area contributed by atoms with Crippen LogP contribution in [0.25, 0.3) is 0 Å². The molecule has 0 bridgehead atoms. The van der Waals surface area contributed by atoms with Crippen molar-refractivity contribution in [3.05, 3.63) is 32.6 Å². The molecule has 0 aromatic carbocycles. The van der Waals surface area contributed by atoms with Gasteiger partial charge in [0.2, 0.25) is 0 Å².